The molecule has 0 aliphatic heterocycles. The second-order valence-electron chi connectivity index (χ2n) is 7.18. The summed E-state index contributed by atoms with van der Waals surface area (Å²) in [5, 5.41) is 3.94. The third kappa shape index (κ3) is 4.16. The first-order chi connectivity index (χ1) is 14.1. The molecule has 4 aromatic rings. The van der Waals surface area contributed by atoms with Gasteiger partial charge in [0.1, 0.15) is 0 Å². The molecule has 0 saturated heterocycles. The summed E-state index contributed by atoms with van der Waals surface area (Å²) in [5.41, 5.74) is 5.39. The van der Waals surface area contributed by atoms with Gasteiger partial charge in [0.25, 0.3) is 5.91 Å². The van der Waals surface area contributed by atoms with Gasteiger partial charge in [-0.25, -0.2) is 9.97 Å². The summed E-state index contributed by atoms with van der Waals surface area (Å²) in [5.74, 6) is -0.0802. The molecular weight excluding hydrogens is 362 g/mol. The predicted octanol–water partition coefficient (Wildman–Crippen LogP) is 3.93. The lowest BCUT2D eigenvalue weighted by atomic mass is 9.99. The second-order valence-corrected chi connectivity index (χ2v) is 7.18. The number of aryl methyl sites for hydroxylation is 3. The molecule has 0 saturated carbocycles. The van der Waals surface area contributed by atoms with E-state index in [1.807, 2.05) is 48.9 Å². The van der Waals surface area contributed by atoms with Gasteiger partial charge in [-0.1, -0.05) is 11.6 Å². The topological polar surface area (TPSA) is 72.7 Å². The van der Waals surface area contributed by atoms with Crippen molar-refractivity contribution in [3.63, 3.8) is 0 Å². The zero-order chi connectivity index (χ0) is 20.2. The number of nitrogens with zero attached hydrogens (tertiary/aromatic N) is 4. The van der Waals surface area contributed by atoms with Crippen molar-refractivity contribution in [1.82, 2.24) is 24.8 Å². The average molecular weight is 385 g/mol. The minimum Gasteiger partial charge on any atom is -0.352 e. The van der Waals surface area contributed by atoms with Gasteiger partial charge in [0.2, 0.25) is 0 Å². The van der Waals surface area contributed by atoms with Crippen LogP contribution in [-0.4, -0.2) is 32.0 Å². The molecule has 0 atom stereocenters. The van der Waals surface area contributed by atoms with E-state index in [-0.39, 0.29) is 5.91 Å². The van der Waals surface area contributed by atoms with E-state index in [2.05, 4.69) is 21.4 Å². The summed E-state index contributed by atoms with van der Waals surface area (Å²) < 4.78 is 2.00. The maximum Gasteiger partial charge on any atom is 0.252 e. The third-order valence-electron chi connectivity index (χ3n) is 4.91. The van der Waals surface area contributed by atoms with Crippen LogP contribution in [0.5, 0.6) is 0 Å². The van der Waals surface area contributed by atoms with Crippen LogP contribution in [0.15, 0.2) is 61.4 Å². The van der Waals surface area contributed by atoms with Crippen LogP contribution in [0.1, 0.15) is 27.9 Å². The van der Waals surface area contributed by atoms with Gasteiger partial charge in [-0.15, -0.1) is 0 Å². The quantitative estimate of drug-likeness (QED) is 0.511. The van der Waals surface area contributed by atoms with Gasteiger partial charge in [0.05, 0.1) is 23.1 Å². The highest BCUT2D eigenvalue weighted by atomic mass is 16.1. The Morgan fingerprint density at radius 2 is 1.90 bits per heavy atom. The van der Waals surface area contributed by atoms with Crippen LogP contribution < -0.4 is 5.32 Å². The Bertz CT molecular complexity index is 1140. The number of rotatable bonds is 6. The van der Waals surface area contributed by atoms with Gasteiger partial charge in [-0.05, 0) is 50.1 Å². The van der Waals surface area contributed by atoms with Crippen LogP contribution in [0.3, 0.4) is 0 Å². The summed E-state index contributed by atoms with van der Waals surface area (Å²) >= 11 is 0. The van der Waals surface area contributed by atoms with Crippen molar-refractivity contribution in [2.24, 2.45) is 0 Å². The van der Waals surface area contributed by atoms with E-state index in [4.69, 9.17) is 4.98 Å². The molecule has 3 aromatic heterocycles. The number of pyridine rings is 2. The molecule has 0 bridgehead atoms. The summed E-state index contributed by atoms with van der Waals surface area (Å²) in [6, 6.07) is 9.82. The van der Waals surface area contributed by atoms with Crippen molar-refractivity contribution in [2.75, 3.05) is 6.54 Å². The van der Waals surface area contributed by atoms with Crippen molar-refractivity contribution in [3.05, 3.63) is 78.1 Å². The monoisotopic (exact) mass is 385 g/mol. The van der Waals surface area contributed by atoms with E-state index in [0.717, 1.165) is 46.3 Å². The molecule has 1 aromatic carbocycles. The van der Waals surface area contributed by atoms with Crippen LogP contribution in [0.4, 0.5) is 0 Å². The number of amides is 1. The Labute approximate surface area is 169 Å². The lowest BCUT2D eigenvalue weighted by molar-refractivity contribution is 0.0954. The summed E-state index contributed by atoms with van der Waals surface area (Å²) in [6.45, 7) is 5.48. The molecular formula is C23H23N5O. The Morgan fingerprint density at radius 1 is 1.07 bits per heavy atom. The van der Waals surface area contributed by atoms with Crippen LogP contribution >= 0.6 is 0 Å². The first kappa shape index (κ1) is 18.8. The van der Waals surface area contributed by atoms with Gasteiger partial charge >= 0.3 is 0 Å². The Balaban J connectivity index is 1.64. The van der Waals surface area contributed by atoms with Crippen molar-refractivity contribution >= 4 is 16.8 Å². The standard InChI is InChI=1S/C23H23N5O/c1-16-12-17(2)22-19(13-16)20(14-21(27-22)18-4-7-24-8-5-18)23(29)26-6-3-10-28-11-9-25-15-28/h4-5,7-9,11-15H,3,6,10H2,1-2H3,(H,26,29). The normalized spacial score (nSPS) is 11.0. The largest absolute Gasteiger partial charge is 0.352 e. The lowest BCUT2D eigenvalue weighted by Gasteiger charge is -2.13. The van der Waals surface area contributed by atoms with Gasteiger partial charge in [-0.3, -0.25) is 9.78 Å². The molecule has 0 radical (unpaired) electrons. The number of carbonyl (C=O) groups is 1. The second kappa shape index (κ2) is 8.22. The van der Waals surface area contributed by atoms with E-state index in [0.29, 0.717) is 12.1 Å². The number of imidazole rings is 1. The fourth-order valence-corrected chi connectivity index (χ4v) is 3.52. The molecule has 6 heteroatoms. The average Bonchev–Trinajstić information content (AvgIpc) is 3.24. The highest BCUT2D eigenvalue weighted by Gasteiger charge is 2.15. The molecule has 0 fully saturated rings. The highest BCUT2D eigenvalue weighted by Crippen LogP contribution is 2.27. The number of fused-ring (bicyclic) bond motifs is 1. The Kier molecular flexibility index (Phi) is 5.33. The van der Waals surface area contributed by atoms with Crippen molar-refractivity contribution in [2.45, 2.75) is 26.8 Å². The first-order valence-electron chi connectivity index (χ1n) is 9.68. The maximum atomic E-state index is 13.1. The van der Waals surface area contributed by atoms with E-state index < -0.39 is 0 Å². The van der Waals surface area contributed by atoms with Crippen LogP contribution in [0, 0.1) is 13.8 Å². The maximum absolute atomic E-state index is 13.1. The van der Waals surface area contributed by atoms with E-state index in [1.165, 1.54) is 0 Å². The fourth-order valence-electron chi connectivity index (χ4n) is 3.52. The lowest BCUT2D eigenvalue weighted by Crippen LogP contribution is -2.25. The molecule has 1 N–H and O–H groups in total. The fraction of sp³-hybridized carbons (Fsp3) is 0.217. The summed E-state index contributed by atoms with van der Waals surface area (Å²) in [6.07, 6.45) is 9.76. The number of hydrogen-bond acceptors (Lipinski definition) is 4. The van der Waals surface area contributed by atoms with Gasteiger partial charge in [0.15, 0.2) is 0 Å². The number of carbonyl (C=O) groups excluding carboxylic acids is 1. The Morgan fingerprint density at radius 3 is 2.66 bits per heavy atom. The molecule has 0 aliphatic carbocycles. The number of benzene rings is 1. The molecule has 4 rings (SSSR count). The minimum absolute atomic E-state index is 0.0802. The molecule has 3 heterocycles. The molecule has 29 heavy (non-hydrogen) atoms. The molecule has 0 spiro atoms. The summed E-state index contributed by atoms with van der Waals surface area (Å²) in [7, 11) is 0. The van der Waals surface area contributed by atoms with Crippen molar-refractivity contribution in [1.29, 1.82) is 0 Å². The third-order valence-corrected chi connectivity index (χ3v) is 4.91. The zero-order valence-electron chi connectivity index (χ0n) is 16.6. The molecule has 6 nitrogen and oxygen atoms in total. The molecule has 0 aliphatic rings. The number of aromatic nitrogens is 4. The first-order valence-corrected chi connectivity index (χ1v) is 9.68. The zero-order valence-corrected chi connectivity index (χ0v) is 16.6. The van der Waals surface area contributed by atoms with Crippen molar-refractivity contribution < 1.29 is 4.79 Å². The number of nitrogens with one attached hydrogen (secondary N) is 1. The predicted molar refractivity (Wildman–Crippen MR) is 114 cm³/mol. The van der Waals surface area contributed by atoms with Gasteiger partial charge in [-0.2, -0.15) is 0 Å². The van der Waals surface area contributed by atoms with E-state index in [9.17, 15) is 4.79 Å². The molecule has 1 amide bonds. The van der Waals surface area contributed by atoms with Crippen molar-refractivity contribution in [3.8, 4) is 11.3 Å². The smallest absolute Gasteiger partial charge is 0.252 e. The van der Waals surface area contributed by atoms with Crippen LogP contribution in [-0.2, 0) is 6.54 Å². The van der Waals surface area contributed by atoms with Crippen LogP contribution in [0.2, 0.25) is 0 Å². The summed E-state index contributed by atoms with van der Waals surface area (Å²) in [4.78, 5) is 26.0. The minimum atomic E-state index is -0.0802. The SMILES string of the molecule is Cc1cc(C)c2nc(-c3ccncc3)cc(C(=O)NCCCn3ccnc3)c2c1. The van der Waals surface area contributed by atoms with Gasteiger partial charge < -0.3 is 9.88 Å². The molecule has 146 valence electrons. The Hall–Kier alpha value is -3.54. The van der Waals surface area contributed by atoms with Gasteiger partial charge in [0, 0.05) is 48.8 Å². The highest BCUT2D eigenvalue weighted by molar-refractivity contribution is 6.08. The van der Waals surface area contributed by atoms with E-state index >= 15 is 0 Å². The molecule has 0 unspecified atom stereocenters. The number of hydrogen-bond donors (Lipinski definition) is 1. The van der Waals surface area contributed by atoms with Crippen LogP contribution in [0.25, 0.3) is 22.2 Å². The van der Waals surface area contributed by atoms with E-state index in [1.54, 1.807) is 24.9 Å².